The van der Waals surface area contributed by atoms with E-state index in [9.17, 15) is 4.39 Å². The van der Waals surface area contributed by atoms with E-state index in [1.807, 2.05) is 27.7 Å². The van der Waals surface area contributed by atoms with Crippen LogP contribution in [0.4, 0.5) is 4.39 Å². The largest absolute Gasteiger partial charge is 0.498 e. The molecule has 1 aromatic carbocycles. The Morgan fingerprint density at radius 1 is 1.00 bits per heavy atom. The highest BCUT2D eigenvalue weighted by Crippen LogP contribution is 2.39. The van der Waals surface area contributed by atoms with E-state index in [2.05, 4.69) is 0 Å². The third-order valence-corrected chi connectivity index (χ3v) is 4.01. The van der Waals surface area contributed by atoms with Crippen LogP contribution >= 0.6 is 0 Å². The van der Waals surface area contributed by atoms with E-state index < -0.39 is 24.1 Å². The first kappa shape index (κ1) is 12.8. The van der Waals surface area contributed by atoms with Gasteiger partial charge in [-0.1, -0.05) is 6.07 Å². The predicted octanol–water partition coefficient (Wildman–Crippen LogP) is 1.85. The quantitative estimate of drug-likeness (QED) is 0.727. The van der Waals surface area contributed by atoms with Gasteiger partial charge in [-0.15, -0.1) is 0 Å². The molecule has 6 heteroatoms. The maximum Gasteiger partial charge on any atom is 0.498 e. The van der Waals surface area contributed by atoms with Crippen LogP contribution in [-0.2, 0) is 9.31 Å². The second kappa shape index (κ2) is 3.87. The van der Waals surface area contributed by atoms with Crippen molar-refractivity contribution in [2.75, 3.05) is 6.79 Å². The SMILES string of the molecule is CC1(C)OB(c2ccc(F)c3c2OCO3)OC1(C)C. The summed E-state index contributed by atoms with van der Waals surface area (Å²) in [5, 5.41) is 0. The highest BCUT2D eigenvalue weighted by molar-refractivity contribution is 6.63. The molecular weight excluding hydrogens is 250 g/mol. The molecule has 3 rings (SSSR count). The van der Waals surface area contributed by atoms with Gasteiger partial charge in [-0.2, -0.15) is 0 Å². The summed E-state index contributed by atoms with van der Waals surface area (Å²) in [7, 11) is -0.582. The van der Waals surface area contributed by atoms with Crippen molar-refractivity contribution >= 4 is 12.6 Å². The Morgan fingerprint density at radius 2 is 1.58 bits per heavy atom. The lowest BCUT2D eigenvalue weighted by molar-refractivity contribution is 0.00578. The third-order valence-electron chi connectivity index (χ3n) is 4.01. The smallest absolute Gasteiger partial charge is 0.454 e. The number of benzene rings is 1. The standard InChI is InChI=1S/C13H16BFO4/c1-12(2)13(3,4)19-14(18-12)8-5-6-9(15)11-10(8)16-7-17-11/h5-6H,7H2,1-4H3. The van der Waals surface area contributed by atoms with Gasteiger partial charge < -0.3 is 18.8 Å². The summed E-state index contributed by atoms with van der Waals surface area (Å²) in [6, 6.07) is 2.96. The van der Waals surface area contributed by atoms with Crippen LogP contribution in [0.3, 0.4) is 0 Å². The molecule has 4 nitrogen and oxygen atoms in total. The van der Waals surface area contributed by atoms with Crippen LogP contribution in [0.2, 0.25) is 0 Å². The molecular formula is C13H16BFO4. The van der Waals surface area contributed by atoms with Gasteiger partial charge in [0, 0.05) is 5.46 Å². The molecule has 0 atom stereocenters. The van der Waals surface area contributed by atoms with E-state index in [1.54, 1.807) is 6.07 Å². The van der Waals surface area contributed by atoms with Crippen molar-refractivity contribution in [3.05, 3.63) is 17.9 Å². The molecule has 1 aromatic rings. The number of rotatable bonds is 1. The summed E-state index contributed by atoms with van der Waals surface area (Å²) in [5.41, 5.74) is -0.232. The van der Waals surface area contributed by atoms with Gasteiger partial charge in [0.2, 0.25) is 12.5 Å². The molecule has 2 heterocycles. The molecule has 102 valence electrons. The fourth-order valence-corrected chi connectivity index (χ4v) is 2.14. The minimum absolute atomic E-state index is 0.0166. The fraction of sp³-hybridized carbons (Fsp3) is 0.538. The van der Waals surface area contributed by atoms with E-state index in [0.29, 0.717) is 11.2 Å². The number of halogens is 1. The average Bonchev–Trinajstić information content (AvgIpc) is 2.84. The minimum Gasteiger partial charge on any atom is -0.454 e. The first-order chi connectivity index (χ1) is 8.82. The van der Waals surface area contributed by atoms with E-state index in [0.717, 1.165) is 0 Å². The van der Waals surface area contributed by atoms with Gasteiger partial charge in [-0.05, 0) is 33.8 Å². The number of hydrogen-bond acceptors (Lipinski definition) is 4. The predicted molar refractivity (Wildman–Crippen MR) is 68.2 cm³/mol. The molecule has 0 N–H and O–H groups in total. The van der Waals surface area contributed by atoms with E-state index in [1.165, 1.54) is 6.07 Å². The van der Waals surface area contributed by atoms with Gasteiger partial charge in [-0.25, -0.2) is 4.39 Å². The molecule has 0 aliphatic carbocycles. The molecule has 0 aromatic heterocycles. The zero-order valence-corrected chi connectivity index (χ0v) is 11.5. The van der Waals surface area contributed by atoms with E-state index in [4.69, 9.17) is 18.8 Å². The molecule has 1 saturated heterocycles. The van der Waals surface area contributed by atoms with Crippen LogP contribution in [0.1, 0.15) is 27.7 Å². The lowest BCUT2D eigenvalue weighted by Gasteiger charge is -2.32. The molecule has 0 spiro atoms. The van der Waals surface area contributed by atoms with Crippen molar-refractivity contribution in [3.8, 4) is 11.5 Å². The molecule has 0 radical (unpaired) electrons. The first-order valence-corrected chi connectivity index (χ1v) is 6.25. The number of hydrogen-bond donors (Lipinski definition) is 0. The van der Waals surface area contributed by atoms with Crippen LogP contribution in [0, 0.1) is 5.82 Å². The van der Waals surface area contributed by atoms with Crippen LogP contribution in [0.5, 0.6) is 11.5 Å². The topological polar surface area (TPSA) is 36.9 Å². The summed E-state index contributed by atoms with van der Waals surface area (Å²) >= 11 is 0. The lowest BCUT2D eigenvalue weighted by Crippen LogP contribution is -2.41. The van der Waals surface area contributed by atoms with Crippen LogP contribution < -0.4 is 14.9 Å². The van der Waals surface area contributed by atoms with Crippen molar-refractivity contribution in [1.29, 1.82) is 0 Å². The van der Waals surface area contributed by atoms with Gasteiger partial charge in [0.1, 0.15) is 0 Å². The van der Waals surface area contributed by atoms with Crippen molar-refractivity contribution in [3.63, 3.8) is 0 Å². The Bertz CT molecular complexity index is 514. The Balaban J connectivity index is 2.00. The summed E-state index contributed by atoms with van der Waals surface area (Å²) in [6.07, 6.45) is 0. The van der Waals surface area contributed by atoms with Gasteiger partial charge in [0.25, 0.3) is 0 Å². The van der Waals surface area contributed by atoms with Gasteiger partial charge in [0.15, 0.2) is 11.6 Å². The molecule has 1 fully saturated rings. The minimum atomic E-state index is -0.582. The molecule has 2 aliphatic rings. The van der Waals surface area contributed by atoms with Gasteiger partial charge >= 0.3 is 7.12 Å². The summed E-state index contributed by atoms with van der Waals surface area (Å²) in [4.78, 5) is 0. The van der Waals surface area contributed by atoms with Crippen molar-refractivity contribution in [2.45, 2.75) is 38.9 Å². The van der Waals surface area contributed by atoms with Crippen LogP contribution in [0.25, 0.3) is 0 Å². The summed E-state index contributed by atoms with van der Waals surface area (Å²) < 4.78 is 35.9. The molecule has 2 aliphatic heterocycles. The average molecular weight is 266 g/mol. The molecule has 0 unspecified atom stereocenters. The molecule has 19 heavy (non-hydrogen) atoms. The zero-order valence-electron chi connectivity index (χ0n) is 11.5. The third kappa shape index (κ3) is 1.82. The molecule has 0 bridgehead atoms. The van der Waals surface area contributed by atoms with Crippen molar-refractivity contribution in [2.24, 2.45) is 0 Å². The second-order valence-corrected chi connectivity index (χ2v) is 5.79. The first-order valence-electron chi connectivity index (χ1n) is 6.25. The maximum absolute atomic E-state index is 13.6. The monoisotopic (exact) mass is 266 g/mol. The highest BCUT2D eigenvalue weighted by atomic mass is 19.1. The Morgan fingerprint density at radius 3 is 2.21 bits per heavy atom. The van der Waals surface area contributed by atoms with Crippen LogP contribution in [0.15, 0.2) is 12.1 Å². The van der Waals surface area contributed by atoms with E-state index in [-0.39, 0.29) is 12.5 Å². The molecule has 0 saturated carbocycles. The van der Waals surface area contributed by atoms with Crippen molar-refractivity contribution in [1.82, 2.24) is 0 Å². The fourth-order valence-electron chi connectivity index (χ4n) is 2.14. The van der Waals surface area contributed by atoms with Gasteiger partial charge in [-0.3, -0.25) is 0 Å². The van der Waals surface area contributed by atoms with Gasteiger partial charge in [0.05, 0.1) is 11.2 Å². The maximum atomic E-state index is 13.6. The Hall–Kier alpha value is -1.27. The summed E-state index contributed by atoms with van der Waals surface area (Å²) in [6.45, 7) is 7.88. The normalized spacial score (nSPS) is 22.9. The Labute approximate surface area is 111 Å². The highest BCUT2D eigenvalue weighted by Gasteiger charge is 2.53. The number of fused-ring (bicyclic) bond motifs is 1. The lowest BCUT2D eigenvalue weighted by atomic mass is 9.78. The number of ether oxygens (including phenoxy) is 2. The zero-order chi connectivity index (χ0) is 13.8. The Kier molecular flexibility index (Phi) is 2.60. The van der Waals surface area contributed by atoms with Crippen LogP contribution in [-0.4, -0.2) is 25.1 Å². The summed E-state index contributed by atoms with van der Waals surface area (Å²) in [5.74, 6) is 0.0680. The van der Waals surface area contributed by atoms with E-state index >= 15 is 0 Å². The van der Waals surface area contributed by atoms with Crippen molar-refractivity contribution < 1.29 is 23.2 Å². The second-order valence-electron chi connectivity index (χ2n) is 5.79. The molecule has 0 amide bonds.